The van der Waals surface area contributed by atoms with Gasteiger partial charge in [-0.25, -0.2) is 14.0 Å². The SMILES string of the molecule is COC(=O)c1cc(NC(=O)Nc2ccc(OC)c(O)c2)ccc1OC(c1ccc(C(F)(F)F)cc1)c1ccccc1F. The highest BCUT2D eigenvalue weighted by Gasteiger charge is 2.31. The number of phenols is 1. The lowest BCUT2D eigenvalue weighted by Crippen LogP contribution is -2.20. The van der Waals surface area contributed by atoms with E-state index in [1.165, 1.54) is 67.8 Å². The van der Waals surface area contributed by atoms with E-state index in [1.807, 2.05) is 0 Å². The third kappa shape index (κ3) is 6.89. The Hall–Kier alpha value is -5.26. The van der Waals surface area contributed by atoms with Crippen molar-refractivity contribution < 1.29 is 46.5 Å². The Morgan fingerprint density at radius 3 is 2.02 bits per heavy atom. The summed E-state index contributed by atoms with van der Waals surface area (Å²) in [7, 11) is 2.50. The third-order valence-electron chi connectivity index (χ3n) is 6.05. The van der Waals surface area contributed by atoms with Crippen LogP contribution in [-0.4, -0.2) is 31.3 Å². The normalized spacial score (nSPS) is 11.8. The Morgan fingerprint density at radius 1 is 0.833 bits per heavy atom. The van der Waals surface area contributed by atoms with Crippen molar-refractivity contribution in [1.82, 2.24) is 0 Å². The number of hydrogen-bond donors (Lipinski definition) is 3. The van der Waals surface area contributed by atoms with Gasteiger partial charge in [0.2, 0.25) is 0 Å². The zero-order valence-corrected chi connectivity index (χ0v) is 22.2. The minimum absolute atomic E-state index is 0.0115. The lowest BCUT2D eigenvalue weighted by Gasteiger charge is -2.23. The van der Waals surface area contributed by atoms with Crippen LogP contribution in [0.3, 0.4) is 0 Å². The standard InChI is InChI=1S/C30H24F4N2O6/c1-40-26-14-12-20(16-24(26)37)36-29(39)35-19-11-13-25(22(15-19)28(38)41-2)42-27(21-5-3-4-6-23(21)31)17-7-9-18(10-8-17)30(32,33)34/h3-16,27,37H,1-2H3,(H2,35,36,39). The molecular formula is C30H24F4N2O6. The van der Waals surface area contributed by atoms with Crippen molar-refractivity contribution in [2.45, 2.75) is 12.3 Å². The van der Waals surface area contributed by atoms with Gasteiger partial charge in [-0.15, -0.1) is 0 Å². The van der Waals surface area contributed by atoms with Crippen LogP contribution in [0.15, 0.2) is 84.9 Å². The third-order valence-corrected chi connectivity index (χ3v) is 6.05. The van der Waals surface area contributed by atoms with Gasteiger partial charge in [0, 0.05) is 23.0 Å². The summed E-state index contributed by atoms with van der Waals surface area (Å²) in [6.07, 6.45) is -5.82. The van der Waals surface area contributed by atoms with Crippen LogP contribution in [0.25, 0.3) is 0 Å². The van der Waals surface area contributed by atoms with Gasteiger partial charge in [-0.3, -0.25) is 0 Å². The van der Waals surface area contributed by atoms with Gasteiger partial charge in [-0.1, -0.05) is 30.3 Å². The first-order chi connectivity index (χ1) is 20.0. The van der Waals surface area contributed by atoms with Crippen molar-refractivity contribution in [2.75, 3.05) is 24.9 Å². The van der Waals surface area contributed by atoms with E-state index in [2.05, 4.69) is 10.6 Å². The number of carbonyl (C=O) groups is 2. The minimum Gasteiger partial charge on any atom is -0.504 e. The molecule has 0 saturated carbocycles. The van der Waals surface area contributed by atoms with Crippen LogP contribution in [-0.2, 0) is 10.9 Å². The van der Waals surface area contributed by atoms with Gasteiger partial charge in [0.1, 0.15) is 17.1 Å². The molecular weight excluding hydrogens is 560 g/mol. The van der Waals surface area contributed by atoms with Crippen molar-refractivity contribution in [2.24, 2.45) is 0 Å². The minimum atomic E-state index is -4.58. The topological polar surface area (TPSA) is 106 Å². The van der Waals surface area contributed by atoms with Gasteiger partial charge >= 0.3 is 18.2 Å². The highest BCUT2D eigenvalue weighted by atomic mass is 19.4. The number of phenolic OH excluding ortho intramolecular Hbond substituents is 1. The Balaban J connectivity index is 1.64. The molecule has 1 atom stereocenters. The van der Waals surface area contributed by atoms with Gasteiger partial charge in [-0.05, 0) is 54.1 Å². The summed E-state index contributed by atoms with van der Waals surface area (Å²) >= 11 is 0. The second-order valence-electron chi connectivity index (χ2n) is 8.81. The molecule has 0 radical (unpaired) electrons. The van der Waals surface area contributed by atoms with Gasteiger partial charge in [-0.2, -0.15) is 13.2 Å². The van der Waals surface area contributed by atoms with E-state index in [-0.39, 0.29) is 45.3 Å². The molecule has 8 nitrogen and oxygen atoms in total. The molecule has 42 heavy (non-hydrogen) atoms. The summed E-state index contributed by atoms with van der Waals surface area (Å²) in [4.78, 5) is 25.2. The van der Waals surface area contributed by atoms with Crippen molar-refractivity contribution in [1.29, 1.82) is 0 Å². The van der Waals surface area contributed by atoms with Crippen LogP contribution in [0.5, 0.6) is 17.2 Å². The molecule has 0 aliphatic heterocycles. The number of benzene rings is 4. The first-order valence-electron chi connectivity index (χ1n) is 12.3. The van der Waals surface area contributed by atoms with E-state index in [1.54, 1.807) is 0 Å². The van der Waals surface area contributed by atoms with Crippen molar-refractivity contribution >= 4 is 23.4 Å². The van der Waals surface area contributed by atoms with Gasteiger partial charge in [0.05, 0.1) is 19.8 Å². The molecule has 4 rings (SSSR count). The van der Waals surface area contributed by atoms with Crippen LogP contribution in [0.2, 0.25) is 0 Å². The Bertz CT molecular complexity index is 1590. The van der Waals surface area contributed by atoms with E-state index in [0.29, 0.717) is 0 Å². The highest BCUT2D eigenvalue weighted by molar-refractivity contribution is 6.01. The monoisotopic (exact) mass is 584 g/mol. The number of esters is 1. The number of carbonyl (C=O) groups excluding carboxylic acids is 2. The molecule has 0 bridgehead atoms. The maximum absolute atomic E-state index is 14.8. The Kier molecular flexibility index (Phi) is 8.84. The summed E-state index contributed by atoms with van der Waals surface area (Å²) in [6.45, 7) is 0. The molecule has 218 valence electrons. The Labute approximate surface area is 237 Å². The lowest BCUT2D eigenvalue weighted by molar-refractivity contribution is -0.137. The molecule has 0 aliphatic carbocycles. The summed E-state index contributed by atoms with van der Waals surface area (Å²) in [5, 5.41) is 15.0. The molecule has 0 fully saturated rings. The summed E-state index contributed by atoms with van der Waals surface area (Å²) < 4.78 is 70.1. The van der Waals surface area contributed by atoms with E-state index in [4.69, 9.17) is 14.2 Å². The van der Waals surface area contributed by atoms with E-state index in [9.17, 15) is 32.3 Å². The van der Waals surface area contributed by atoms with Crippen LogP contribution in [0, 0.1) is 5.82 Å². The summed E-state index contributed by atoms with van der Waals surface area (Å²) in [5.74, 6) is -1.59. The number of amides is 2. The molecule has 12 heteroatoms. The van der Waals surface area contributed by atoms with E-state index >= 15 is 0 Å². The maximum atomic E-state index is 14.8. The number of halogens is 4. The largest absolute Gasteiger partial charge is 0.504 e. The number of nitrogens with one attached hydrogen (secondary N) is 2. The number of aromatic hydroxyl groups is 1. The zero-order valence-electron chi connectivity index (χ0n) is 22.2. The van der Waals surface area contributed by atoms with Crippen molar-refractivity contribution in [3.05, 3.63) is 113 Å². The maximum Gasteiger partial charge on any atom is 0.416 e. The summed E-state index contributed by atoms with van der Waals surface area (Å²) in [5.41, 5.74) is -0.443. The molecule has 4 aromatic rings. The smallest absolute Gasteiger partial charge is 0.416 e. The average Bonchev–Trinajstić information content (AvgIpc) is 2.96. The lowest BCUT2D eigenvalue weighted by atomic mass is 9.99. The van der Waals surface area contributed by atoms with Crippen LogP contribution in [0.4, 0.5) is 33.7 Å². The fourth-order valence-electron chi connectivity index (χ4n) is 4.01. The van der Waals surface area contributed by atoms with E-state index < -0.39 is 35.7 Å². The number of hydrogen-bond acceptors (Lipinski definition) is 6. The summed E-state index contributed by atoms with van der Waals surface area (Å²) in [6, 6.07) is 17.1. The van der Waals surface area contributed by atoms with Crippen LogP contribution < -0.4 is 20.1 Å². The molecule has 0 spiro atoms. The molecule has 3 N–H and O–H groups in total. The number of alkyl halides is 3. The van der Waals surface area contributed by atoms with Gasteiger partial charge in [0.15, 0.2) is 17.6 Å². The predicted molar refractivity (Wildman–Crippen MR) is 145 cm³/mol. The van der Waals surface area contributed by atoms with Gasteiger partial charge in [0.25, 0.3) is 0 Å². The molecule has 4 aromatic carbocycles. The Morgan fingerprint density at radius 2 is 1.45 bits per heavy atom. The number of urea groups is 1. The zero-order chi connectivity index (χ0) is 30.4. The molecule has 0 aliphatic rings. The highest BCUT2D eigenvalue weighted by Crippen LogP contribution is 2.36. The average molecular weight is 585 g/mol. The molecule has 0 heterocycles. The number of anilines is 2. The predicted octanol–water partition coefficient (Wildman–Crippen LogP) is 7.16. The quantitative estimate of drug-likeness (QED) is 0.150. The van der Waals surface area contributed by atoms with Crippen LogP contribution in [0.1, 0.15) is 33.2 Å². The molecule has 1 unspecified atom stereocenters. The van der Waals surface area contributed by atoms with E-state index in [0.717, 1.165) is 31.4 Å². The fourth-order valence-corrected chi connectivity index (χ4v) is 4.01. The van der Waals surface area contributed by atoms with Crippen LogP contribution >= 0.6 is 0 Å². The van der Waals surface area contributed by atoms with Crippen molar-refractivity contribution in [3.63, 3.8) is 0 Å². The molecule has 0 saturated heterocycles. The van der Waals surface area contributed by atoms with Gasteiger partial charge < -0.3 is 30.0 Å². The first-order valence-corrected chi connectivity index (χ1v) is 12.3. The molecule has 0 aromatic heterocycles. The first kappa shape index (κ1) is 29.7. The fraction of sp³-hybridized carbons (Fsp3) is 0.133. The second kappa shape index (κ2) is 12.5. The number of methoxy groups -OCH3 is 2. The number of ether oxygens (including phenoxy) is 3. The number of rotatable bonds is 8. The molecule has 2 amide bonds. The van der Waals surface area contributed by atoms with Crippen molar-refractivity contribution in [3.8, 4) is 17.2 Å². The second-order valence-corrected chi connectivity index (χ2v) is 8.81.